The Bertz CT molecular complexity index is 638. The van der Waals surface area contributed by atoms with Crippen molar-refractivity contribution in [2.75, 3.05) is 5.32 Å². The van der Waals surface area contributed by atoms with Crippen LogP contribution in [0.4, 0.5) is 5.69 Å². The Hall–Kier alpha value is -2.89. The molecule has 1 aromatic carbocycles. The van der Waals surface area contributed by atoms with E-state index >= 15 is 0 Å². The molecule has 0 saturated carbocycles. The number of aromatic nitrogens is 1. The Morgan fingerprint density at radius 2 is 1.85 bits per heavy atom. The van der Waals surface area contributed by atoms with Gasteiger partial charge in [0.1, 0.15) is 0 Å². The van der Waals surface area contributed by atoms with Gasteiger partial charge in [-0.3, -0.25) is 9.78 Å². The number of carboxylic acids is 1. The van der Waals surface area contributed by atoms with Crippen molar-refractivity contribution in [2.45, 2.75) is 6.54 Å². The van der Waals surface area contributed by atoms with Crippen molar-refractivity contribution in [1.29, 1.82) is 0 Å². The van der Waals surface area contributed by atoms with Crippen molar-refractivity contribution >= 4 is 17.6 Å². The highest BCUT2D eigenvalue weighted by molar-refractivity contribution is 5.93. The molecule has 4 N–H and O–H groups in total. The first-order valence-electron chi connectivity index (χ1n) is 5.88. The number of amides is 1. The molecule has 102 valence electrons. The molecule has 0 aliphatic heterocycles. The van der Waals surface area contributed by atoms with Crippen molar-refractivity contribution in [2.24, 2.45) is 5.73 Å². The number of aromatic carboxylic acids is 1. The normalized spacial score (nSPS) is 10.0. The van der Waals surface area contributed by atoms with E-state index in [2.05, 4.69) is 10.3 Å². The van der Waals surface area contributed by atoms with Gasteiger partial charge in [-0.25, -0.2) is 4.79 Å². The summed E-state index contributed by atoms with van der Waals surface area (Å²) in [5, 5.41) is 12.0. The fraction of sp³-hybridized carbons (Fsp3) is 0.0714. The van der Waals surface area contributed by atoms with E-state index in [4.69, 9.17) is 10.8 Å². The first-order chi connectivity index (χ1) is 9.56. The largest absolute Gasteiger partial charge is 0.478 e. The van der Waals surface area contributed by atoms with Crippen LogP contribution in [-0.2, 0) is 6.54 Å². The van der Waals surface area contributed by atoms with E-state index in [0.717, 1.165) is 5.69 Å². The average molecular weight is 271 g/mol. The second-order valence-electron chi connectivity index (χ2n) is 4.14. The van der Waals surface area contributed by atoms with E-state index < -0.39 is 11.9 Å². The summed E-state index contributed by atoms with van der Waals surface area (Å²) >= 11 is 0. The molecular weight excluding hydrogens is 258 g/mol. The van der Waals surface area contributed by atoms with Gasteiger partial charge in [-0.05, 0) is 36.4 Å². The van der Waals surface area contributed by atoms with Crippen molar-refractivity contribution in [1.82, 2.24) is 4.98 Å². The highest BCUT2D eigenvalue weighted by Crippen LogP contribution is 2.11. The number of carbonyl (C=O) groups is 2. The number of anilines is 1. The maximum atomic E-state index is 10.9. The first-order valence-corrected chi connectivity index (χ1v) is 5.88. The number of hydrogen-bond donors (Lipinski definition) is 3. The van der Waals surface area contributed by atoms with E-state index in [1.54, 1.807) is 24.3 Å². The Kier molecular flexibility index (Phi) is 3.95. The Balaban J connectivity index is 2.03. The molecule has 20 heavy (non-hydrogen) atoms. The van der Waals surface area contributed by atoms with Crippen LogP contribution < -0.4 is 11.1 Å². The SMILES string of the molecule is NC(=O)c1ccc(NCc2cc(C(=O)O)ccn2)cc1. The minimum atomic E-state index is -0.987. The minimum Gasteiger partial charge on any atom is -0.478 e. The zero-order valence-corrected chi connectivity index (χ0v) is 10.5. The predicted octanol–water partition coefficient (Wildman–Crippen LogP) is 1.49. The number of nitrogens with one attached hydrogen (secondary N) is 1. The summed E-state index contributed by atoms with van der Waals surface area (Å²) < 4.78 is 0. The third kappa shape index (κ3) is 3.32. The van der Waals surface area contributed by atoms with Crippen LogP contribution in [0.2, 0.25) is 0 Å². The molecule has 6 nitrogen and oxygen atoms in total. The monoisotopic (exact) mass is 271 g/mol. The molecular formula is C14H13N3O3. The third-order valence-electron chi connectivity index (χ3n) is 2.71. The molecule has 6 heteroatoms. The predicted molar refractivity (Wildman–Crippen MR) is 73.5 cm³/mol. The average Bonchev–Trinajstić information content (AvgIpc) is 2.46. The Morgan fingerprint density at radius 1 is 1.15 bits per heavy atom. The van der Waals surface area contributed by atoms with Crippen LogP contribution in [0.25, 0.3) is 0 Å². The van der Waals surface area contributed by atoms with Gasteiger partial charge in [-0.2, -0.15) is 0 Å². The van der Waals surface area contributed by atoms with E-state index in [1.807, 2.05) is 0 Å². The van der Waals surface area contributed by atoms with E-state index in [9.17, 15) is 9.59 Å². The van der Waals surface area contributed by atoms with E-state index in [1.165, 1.54) is 18.3 Å². The smallest absolute Gasteiger partial charge is 0.335 e. The zero-order valence-electron chi connectivity index (χ0n) is 10.5. The van der Waals surface area contributed by atoms with Gasteiger partial charge in [-0.15, -0.1) is 0 Å². The molecule has 1 heterocycles. The van der Waals surface area contributed by atoms with Gasteiger partial charge in [0, 0.05) is 17.4 Å². The Morgan fingerprint density at radius 3 is 2.45 bits per heavy atom. The number of benzene rings is 1. The molecule has 0 unspecified atom stereocenters. The maximum Gasteiger partial charge on any atom is 0.335 e. The summed E-state index contributed by atoms with van der Waals surface area (Å²) in [7, 11) is 0. The molecule has 1 aromatic heterocycles. The number of carbonyl (C=O) groups excluding carboxylic acids is 1. The lowest BCUT2D eigenvalue weighted by atomic mass is 10.2. The van der Waals surface area contributed by atoms with Crippen LogP contribution in [-0.4, -0.2) is 22.0 Å². The summed E-state index contributed by atoms with van der Waals surface area (Å²) in [4.78, 5) is 25.8. The van der Waals surface area contributed by atoms with Gasteiger partial charge in [0.05, 0.1) is 17.8 Å². The summed E-state index contributed by atoms with van der Waals surface area (Å²) in [5.74, 6) is -1.47. The van der Waals surface area contributed by atoms with Crippen LogP contribution in [0.15, 0.2) is 42.6 Å². The summed E-state index contributed by atoms with van der Waals surface area (Å²) in [6, 6.07) is 9.63. The topological polar surface area (TPSA) is 105 Å². The molecule has 0 aliphatic rings. The standard InChI is InChI=1S/C14H13N3O3/c15-13(18)9-1-3-11(4-2-9)17-8-12-7-10(14(19)20)5-6-16-12/h1-7,17H,8H2,(H2,15,18)(H,19,20). The highest BCUT2D eigenvalue weighted by Gasteiger charge is 2.04. The fourth-order valence-corrected chi connectivity index (χ4v) is 1.65. The molecule has 0 atom stereocenters. The molecule has 0 bridgehead atoms. The Labute approximate surface area is 115 Å². The number of nitrogens with zero attached hydrogens (tertiary/aromatic N) is 1. The third-order valence-corrected chi connectivity index (χ3v) is 2.71. The van der Waals surface area contributed by atoms with Crippen molar-refractivity contribution in [3.63, 3.8) is 0 Å². The summed E-state index contributed by atoms with van der Waals surface area (Å²) in [6.45, 7) is 0.386. The molecule has 0 spiro atoms. The fourth-order valence-electron chi connectivity index (χ4n) is 1.65. The van der Waals surface area contributed by atoms with Crippen molar-refractivity contribution < 1.29 is 14.7 Å². The van der Waals surface area contributed by atoms with Crippen LogP contribution in [0.5, 0.6) is 0 Å². The van der Waals surface area contributed by atoms with Crippen LogP contribution in [0.3, 0.4) is 0 Å². The lowest BCUT2D eigenvalue weighted by Crippen LogP contribution is -2.10. The molecule has 1 amide bonds. The minimum absolute atomic E-state index is 0.195. The van der Waals surface area contributed by atoms with Crippen molar-refractivity contribution in [3.05, 3.63) is 59.4 Å². The lowest BCUT2D eigenvalue weighted by Gasteiger charge is -2.07. The second-order valence-corrected chi connectivity index (χ2v) is 4.14. The number of carboxylic acid groups (broad SMARTS) is 1. The van der Waals surface area contributed by atoms with Crippen LogP contribution in [0, 0.1) is 0 Å². The van der Waals surface area contributed by atoms with Gasteiger partial charge in [0.25, 0.3) is 0 Å². The maximum absolute atomic E-state index is 10.9. The molecule has 0 saturated heterocycles. The van der Waals surface area contributed by atoms with E-state index in [-0.39, 0.29) is 5.56 Å². The molecule has 0 radical (unpaired) electrons. The van der Waals surface area contributed by atoms with Crippen LogP contribution >= 0.6 is 0 Å². The first kappa shape index (κ1) is 13.5. The van der Waals surface area contributed by atoms with Gasteiger partial charge < -0.3 is 16.2 Å². The molecule has 0 fully saturated rings. The lowest BCUT2D eigenvalue weighted by molar-refractivity contribution is 0.0696. The number of rotatable bonds is 5. The second kappa shape index (κ2) is 5.83. The molecule has 2 rings (SSSR count). The molecule has 0 aliphatic carbocycles. The van der Waals surface area contributed by atoms with Crippen molar-refractivity contribution in [3.8, 4) is 0 Å². The van der Waals surface area contributed by atoms with Crippen LogP contribution in [0.1, 0.15) is 26.4 Å². The number of primary amides is 1. The molecule has 2 aromatic rings. The highest BCUT2D eigenvalue weighted by atomic mass is 16.4. The van der Waals surface area contributed by atoms with Gasteiger partial charge in [0.15, 0.2) is 0 Å². The van der Waals surface area contributed by atoms with Gasteiger partial charge in [-0.1, -0.05) is 0 Å². The van der Waals surface area contributed by atoms with E-state index in [0.29, 0.717) is 17.8 Å². The van der Waals surface area contributed by atoms with Gasteiger partial charge in [0.2, 0.25) is 5.91 Å². The summed E-state index contributed by atoms with van der Waals surface area (Å²) in [5.41, 5.74) is 7.18. The quantitative estimate of drug-likeness (QED) is 0.764. The number of nitrogens with two attached hydrogens (primary N) is 1. The number of pyridine rings is 1. The zero-order chi connectivity index (χ0) is 14.5. The number of hydrogen-bond acceptors (Lipinski definition) is 4. The van der Waals surface area contributed by atoms with Gasteiger partial charge >= 0.3 is 5.97 Å². The summed E-state index contributed by atoms with van der Waals surface area (Å²) in [6.07, 6.45) is 1.46.